The molecule has 0 aliphatic rings. The van der Waals surface area contributed by atoms with E-state index in [0.29, 0.717) is 0 Å². The molecule has 0 saturated heterocycles. The van der Waals surface area contributed by atoms with Crippen LogP contribution >= 0.6 is 0 Å². The third-order valence-electron chi connectivity index (χ3n) is 22.2. The summed E-state index contributed by atoms with van der Waals surface area (Å²) in [6.45, 7) is 0. The van der Waals surface area contributed by atoms with Crippen LogP contribution in [0.1, 0.15) is 0 Å². The van der Waals surface area contributed by atoms with Crippen molar-refractivity contribution < 1.29 is 0 Å². The first kappa shape index (κ1) is 69.7. The van der Waals surface area contributed by atoms with Crippen LogP contribution in [0.25, 0.3) is 212 Å². The van der Waals surface area contributed by atoms with Crippen molar-refractivity contribution in [3.05, 3.63) is 437 Å². The zero-order valence-electron chi connectivity index (χ0n) is 63.3. The number of aromatic nitrogens is 6. The van der Waals surface area contributed by atoms with Gasteiger partial charge in [-0.2, -0.15) is 0 Å². The van der Waals surface area contributed by atoms with Crippen molar-refractivity contribution in [1.82, 2.24) is 29.9 Å². The average Bonchev–Trinajstić information content (AvgIpc) is 0.768. The molecule has 0 unspecified atom stereocenters. The number of benzene rings is 14. The van der Waals surface area contributed by atoms with Crippen LogP contribution in [0.4, 0.5) is 0 Å². The van der Waals surface area contributed by atoms with Gasteiger partial charge in [0.1, 0.15) is 0 Å². The van der Waals surface area contributed by atoms with Crippen LogP contribution in [0.5, 0.6) is 0 Å². The summed E-state index contributed by atoms with van der Waals surface area (Å²) in [5, 5.41) is 2.25. The molecule has 0 aliphatic carbocycles. The fraction of sp³-hybridized carbons (Fsp3) is 0. The minimum atomic E-state index is 0.777. The molecular weight excluding hydrogens is 1410 g/mol. The van der Waals surface area contributed by atoms with Crippen LogP contribution in [-0.4, -0.2) is 29.9 Å². The second kappa shape index (κ2) is 31.0. The molecule has 0 fully saturated rings. The minimum absolute atomic E-state index is 0.777. The van der Waals surface area contributed by atoms with Crippen LogP contribution in [-0.2, 0) is 0 Å². The van der Waals surface area contributed by atoms with E-state index in [1.807, 2.05) is 61.2 Å². The Bertz CT molecular complexity index is 6580. The lowest BCUT2D eigenvalue weighted by molar-refractivity contribution is 1.25. The molecule has 0 bridgehead atoms. The van der Waals surface area contributed by atoms with Crippen molar-refractivity contribution >= 4 is 21.8 Å². The molecule has 116 heavy (non-hydrogen) atoms. The van der Waals surface area contributed by atoms with Gasteiger partial charge in [-0.1, -0.05) is 315 Å². The molecule has 0 spiro atoms. The number of pyridine rings is 6. The lowest BCUT2D eigenvalue weighted by atomic mass is 9.86. The molecule has 6 heterocycles. The number of hydrogen-bond donors (Lipinski definition) is 0. The maximum Gasteiger partial charge on any atom is 0.0886 e. The maximum absolute atomic E-state index is 5.22. The van der Waals surface area contributed by atoms with E-state index < -0.39 is 0 Å². The van der Waals surface area contributed by atoms with Crippen molar-refractivity contribution in [3.8, 4) is 190 Å². The zero-order valence-corrected chi connectivity index (χ0v) is 63.3. The van der Waals surface area contributed by atoms with Crippen LogP contribution < -0.4 is 0 Å². The third-order valence-corrected chi connectivity index (χ3v) is 22.2. The molecular formula is C110H72N6. The molecule has 0 amide bonds. The Labute approximate surface area is 674 Å². The fourth-order valence-corrected chi connectivity index (χ4v) is 16.3. The van der Waals surface area contributed by atoms with E-state index in [-0.39, 0.29) is 0 Å². The Morgan fingerprint density at radius 3 is 0.603 bits per heavy atom. The van der Waals surface area contributed by atoms with E-state index in [1.54, 1.807) is 0 Å². The first-order valence-corrected chi connectivity index (χ1v) is 39.2. The van der Waals surface area contributed by atoms with Crippen molar-refractivity contribution in [2.75, 3.05) is 0 Å². The van der Waals surface area contributed by atoms with E-state index in [2.05, 4.69) is 386 Å². The summed E-state index contributed by atoms with van der Waals surface area (Å²) in [7, 11) is 0. The predicted molar refractivity (Wildman–Crippen MR) is 481 cm³/mol. The molecule has 0 radical (unpaired) electrons. The van der Waals surface area contributed by atoms with Gasteiger partial charge < -0.3 is 0 Å². The monoisotopic (exact) mass is 1480 g/mol. The lowest BCUT2D eigenvalue weighted by Gasteiger charge is -2.18. The summed E-state index contributed by atoms with van der Waals surface area (Å²) in [5.41, 5.74) is 38.0. The smallest absolute Gasteiger partial charge is 0.0886 e. The van der Waals surface area contributed by atoms with Crippen molar-refractivity contribution in [2.45, 2.75) is 0 Å². The Morgan fingerprint density at radius 1 is 0.129 bits per heavy atom. The Balaban J connectivity index is 0.640. The molecule has 14 aromatic carbocycles. The number of para-hydroxylation sites is 2. The van der Waals surface area contributed by atoms with Crippen LogP contribution in [0.15, 0.2) is 437 Å². The van der Waals surface area contributed by atoms with Gasteiger partial charge in [-0.25, -0.2) is 9.97 Å². The second-order valence-corrected chi connectivity index (χ2v) is 29.3. The molecule has 542 valence electrons. The van der Waals surface area contributed by atoms with Gasteiger partial charge in [-0.3, -0.25) is 19.9 Å². The Morgan fingerprint density at radius 2 is 0.345 bits per heavy atom. The largest absolute Gasteiger partial charge is 0.256 e. The van der Waals surface area contributed by atoms with Gasteiger partial charge in [0.15, 0.2) is 0 Å². The van der Waals surface area contributed by atoms with Gasteiger partial charge in [0.05, 0.1) is 45.2 Å². The minimum Gasteiger partial charge on any atom is -0.256 e. The number of hydrogen-bond acceptors (Lipinski definition) is 6. The second-order valence-electron chi connectivity index (χ2n) is 29.3. The summed E-state index contributed by atoms with van der Waals surface area (Å²) in [6, 6.07) is 148. The first-order valence-electron chi connectivity index (χ1n) is 39.2. The zero-order chi connectivity index (χ0) is 77.1. The van der Waals surface area contributed by atoms with Gasteiger partial charge in [-0.05, 0) is 219 Å². The number of nitrogens with zero attached hydrogens (tertiary/aromatic N) is 6. The van der Waals surface area contributed by atoms with Gasteiger partial charge >= 0.3 is 0 Å². The summed E-state index contributed by atoms with van der Waals surface area (Å²) in [4.78, 5) is 29.8. The topological polar surface area (TPSA) is 77.3 Å². The normalized spacial score (nSPS) is 11.3. The molecule has 20 rings (SSSR count). The fourth-order valence-electron chi connectivity index (χ4n) is 16.3. The number of fused-ring (bicyclic) bond motifs is 2. The average molecular weight is 1480 g/mol. The number of rotatable bonds is 17. The van der Waals surface area contributed by atoms with Crippen molar-refractivity contribution in [1.29, 1.82) is 0 Å². The Hall–Kier alpha value is -15.5. The molecule has 6 aromatic heterocycles. The summed E-state index contributed by atoms with van der Waals surface area (Å²) < 4.78 is 0. The van der Waals surface area contributed by atoms with E-state index in [0.717, 1.165) is 212 Å². The molecule has 0 saturated carbocycles. The van der Waals surface area contributed by atoms with Gasteiger partial charge in [0, 0.05) is 68.9 Å². The third kappa shape index (κ3) is 14.0. The van der Waals surface area contributed by atoms with Gasteiger partial charge in [-0.15, -0.1) is 0 Å². The van der Waals surface area contributed by atoms with Crippen LogP contribution in [0.3, 0.4) is 0 Å². The van der Waals surface area contributed by atoms with E-state index >= 15 is 0 Å². The molecule has 6 heteroatoms. The van der Waals surface area contributed by atoms with E-state index in [1.165, 1.54) is 0 Å². The highest BCUT2D eigenvalue weighted by Crippen LogP contribution is 2.46. The predicted octanol–water partition coefficient (Wildman–Crippen LogP) is 28.7. The van der Waals surface area contributed by atoms with Crippen LogP contribution in [0, 0.1) is 0 Å². The Kier molecular flexibility index (Phi) is 18.6. The summed E-state index contributed by atoms with van der Waals surface area (Å²) in [5.74, 6) is 0. The highest BCUT2D eigenvalue weighted by molar-refractivity contribution is 5.98. The molecule has 0 atom stereocenters. The highest BCUT2D eigenvalue weighted by atomic mass is 14.8. The summed E-state index contributed by atoms with van der Waals surface area (Å²) in [6.07, 6.45) is 7.68. The maximum atomic E-state index is 5.22. The molecule has 20 aromatic rings. The molecule has 0 N–H and O–H groups in total. The quantitative estimate of drug-likeness (QED) is 0.0904. The molecule has 6 nitrogen and oxygen atoms in total. The van der Waals surface area contributed by atoms with Crippen molar-refractivity contribution in [2.24, 2.45) is 0 Å². The standard InChI is InChI=1S/C110H72N6/c1-15-37-105-77(21-1)55-59-107(115-105)81-51-43-75(44-52-81)93-25-5-11-31-99(93)87-65-85(97-29-9-3-23-91(97)73-39-47-79(48-40-73)103-35-17-19-63-111-103)67-89(69-87)101-33-13-7-27-95(101)83-57-61-109(113-71-83)110-62-58-84(72-114-110)96-28-8-14-34-102(96)90-68-86(98-30-10-4-24-92(98)74-41-49-80(50-42-74)104-36-18-20-64-112-104)66-88(70-90)100-32-12-6-26-94(100)76-45-53-82(54-46-76)108-60-56-78-22-2-16-38-106(78)116-108/h1-72H. The van der Waals surface area contributed by atoms with Crippen molar-refractivity contribution in [3.63, 3.8) is 0 Å². The van der Waals surface area contributed by atoms with Gasteiger partial charge in [0.2, 0.25) is 0 Å². The van der Waals surface area contributed by atoms with Gasteiger partial charge in [0.25, 0.3) is 0 Å². The first-order chi connectivity index (χ1) is 57.5. The SMILES string of the molecule is c1ccc(-c2ccc(-c3ccccc3-c3cc(-c4ccccc4-c4ccc(-c5ccc6ccccc6n5)cc4)cc(-c4ccccc4-c4ccc(-c5ccc(-c6ccccc6-c6cc(-c7ccccc7-c7ccc(-c8ccccn8)cc7)cc(-c7ccccc7-c7ccc(-c8ccc9ccccc9n8)cc7)c6)cn5)nc4)c3)cc2)nc1. The molecule has 0 aliphatic heterocycles. The lowest BCUT2D eigenvalue weighted by Crippen LogP contribution is -1.93. The van der Waals surface area contributed by atoms with Crippen LogP contribution in [0.2, 0.25) is 0 Å². The summed E-state index contributed by atoms with van der Waals surface area (Å²) >= 11 is 0. The highest BCUT2D eigenvalue weighted by Gasteiger charge is 2.21. The van der Waals surface area contributed by atoms with E-state index in [9.17, 15) is 0 Å². The van der Waals surface area contributed by atoms with E-state index in [4.69, 9.17) is 19.9 Å².